The molecule has 0 aliphatic carbocycles. The van der Waals surface area contributed by atoms with Gasteiger partial charge in [-0.3, -0.25) is 0 Å². The topological polar surface area (TPSA) is 25.9 Å². The van der Waals surface area contributed by atoms with Crippen LogP contribution in [-0.2, 0) is 4.74 Å². The summed E-state index contributed by atoms with van der Waals surface area (Å²) >= 11 is 0. The summed E-state index contributed by atoms with van der Waals surface area (Å²) in [5, 5.41) is 0. The molecular formula is C11H19N2O+. The zero-order valence-electron chi connectivity index (χ0n) is 9.45. The van der Waals surface area contributed by atoms with Gasteiger partial charge in [-0.1, -0.05) is 4.85 Å². The molecule has 0 N–H and O–H groups in total. The highest BCUT2D eigenvalue weighted by Gasteiger charge is 2.31. The average Bonchev–Trinajstić information content (AvgIpc) is 2.15. The molecule has 0 aromatic carbocycles. The van der Waals surface area contributed by atoms with Gasteiger partial charge < -0.3 is 4.74 Å². The smallest absolute Gasteiger partial charge is 0.291 e. The number of ether oxygens (including phenoxy) is 1. The second kappa shape index (κ2) is 6.37. The molecule has 0 heterocycles. The fraction of sp³-hybridized carbons (Fsp3) is 0.727. The molecule has 0 unspecified atom stereocenters. The Balaban J connectivity index is 4.32. The van der Waals surface area contributed by atoms with Crippen molar-refractivity contribution in [2.75, 3.05) is 13.7 Å². The van der Waals surface area contributed by atoms with E-state index < -0.39 is 0 Å². The van der Waals surface area contributed by atoms with Crippen molar-refractivity contribution < 1.29 is 4.74 Å². The van der Waals surface area contributed by atoms with Crippen molar-refractivity contribution in [1.29, 1.82) is 0 Å². The van der Waals surface area contributed by atoms with Gasteiger partial charge in [0.25, 0.3) is 13.1 Å². The van der Waals surface area contributed by atoms with E-state index in [9.17, 15) is 0 Å². The Bertz CT molecular complexity index is 261. The minimum atomic E-state index is -0.326. The molecule has 0 fully saturated rings. The number of aliphatic imine (C=N–C) groups is 1. The number of methoxy groups -OCH3 is 1. The Labute approximate surface area is 86.3 Å². The van der Waals surface area contributed by atoms with Crippen LogP contribution in [0, 0.1) is 6.57 Å². The molecule has 3 heteroatoms. The number of rotatable bonds is 5. The maximum absolute atomic E-state index is 5.36. The molecule has 2 atom stereocenters. The van der Waals surface area contributed by atoms with E-state index in [0.717, 1.165) is 6.42 Å². The molecule has 0 radical (unpaired) electrons. The van der Waals surface area contributed by atoms with Gasteiger partial charge in [-0.2, -0.15) is 0 Å². The van der Waals surface area contributed by atoms with Crippen molar-refractivity contribution in [1.82, 2.24) is 0 Å². The zero-order valence-corrected chi connectivity index (χ0v) is 9.45. The molecule has 0 aromatic heterocycles. The van der Waals surface area contributed by atoms with Gasteiger partial charge in [0.1, 0.15) is 5.60 Å². The first-order valence-corrected chi connectivity index (χ1v) is 4.73. The lowest BCUT2D eigenvalue weighted by molar-refractivity contribution is 0.00926. The van der Waals surface area contributed by atoms with Gasteiger partial charge >= 0.3 is 0 Å². The van der Waals surface area contributed by atoms with E-state index in [4.69, 9.17) is 11.3 Å². The molecule has 0 amide bonds. The van der Waals surface area contributed by atoms with Gasteiger partial charge in [0.2, 0.25) is 0 Å². The molecule has 0 spiro atoms. The van der Waals surface area contributed by atoms with E-state index in [-0.39, 0.29) is 11.6 Å². The molecule has 78 valence electrons. The van der Waals surface area contributed by atoms with E-state index >= 15 is 0 Å². The van der Waals surface area contributed by atoms with Gasteiger partial charge in [-0.05, 0) is 32.7 Å². The Morgan fingerprint density at radius 2 is 2.36 bits per heavy atom. The molecule has 3 nitrogen and oxygen atoms in total. The van der Waals surface area contributed by atoms with E-state index in [2.05, 4.69) is 15.7 Å². The predicted molar refractivity (Wildman–Crippen MR) is 60.3 cm³/mol. The van der Waals surface area contributed by atoms with Gasteiger partial charge in [-0.25, -0.2) is 4.99 Å². The Morgan fingerprint density at radius 3 is 2.79 bits per heavy atom. The normalized spacial score (nSPS) is 15.9. The van der Waals surface area contributed by atoms with E-state index in [1.54, 1.807) is 13.2 Å². The summed E-state index contributed by atoms with van der Waals surface area (Å²) in [5.41, 5.74) is -0.326. The van der Waals surface area contributed by atoms with Crippen molar-refractivity contribution >= 4 is 5.87 Å². The van der Waals surface area contributed by atoms with Gasteiger partial charge in [0.05, 0.1) is 6.04 Å². The number of hydrogen-bond donors (Lipinski definition) is 0. The van der Waals surface area contributed by atoms with Crippen molar-refractivity contribution in [3.05, 3.63) is 10.9 Å². The summed E-state index contributed by atoms with van der Waals surface area (Å²) < 4.78 is 5.36. The predicted octanol–water partition coefficient (Wildman–Crippen LogP) is 2.38. The second-order valence-corrected chi connectivity index (χ2v) is 3.59. The molecule has 0 aliphatic heterocycles. The fourth-order valence-corrected chi connectivity index (χ4v) is 1.28. The summed E-state index contributed by atoms with van der Waals surface area (Å²) in [5.74, 6) is 2.82. The van der Waals surface area contributed by atoms with Crippen LogP contribution in [0.1, 0.15) is 27.2 Å². The second-order valence-electron chi connectivity index (χ2n) is 3.59. The third-order valence-corrected chi connectivity index (χ3v) is 2.07. The van der Waals surface area contributed by atoms with Crippen LogP contribution < -0.4 is 0 Å². The van der Waals surface area contributed by atoms with Crippen LogP contribution in [0.4, 0.5) is 0 Å². The van der Waals surface area contributed by atoms with E-state index in [1.165, 1.54) is 0 Å². The minimum Gasteiger partial charge on any atom is -0.370 e. The van der Waals surface area contributed by atoms with Crippen LogP contribution in [0.15, 0.2) is 11.1 Å². The van der Waals surface area contributed by atoms with Crippen molar-refractivity contribution in [3.63, 3.8) is 0 Å². The maximum Gasteiger partial charge on any atom is 0.291 e. The number of hydrogen-bond acceptors (Lipinski definition) is 2. The molecule has 14 heavy (non-hydrogen) atoms. The van der Waals surface area contributed by atoms with E-state index in [1.807, 2.05) is 20.8 Å². The van der Waals surface area contributed by atoms with Crippen LogP contribution >= 0.6 is 0 Å². The monoisotopic (exact) mass is 195 g/mol. The minimum absolute atomic E-state index is 0.165. The molecule has 0 saturated carbocycles. The summed E-state index contributed by atoms with van der Waals surface area (Å²) in [4.78, 5) is 7.81. The molecule has 0 aromatic rings. The summed E-state index contributed by atoms with van der Waals surface area (Å²) in [6.07, 6.45) is 2.57. The molecule has 0 rings (SSSR count). The first-order chi connectivity index (χ1) is 6.58. The van der Waals surface area contributed by atoms with Gasteiger partial charge in [-0.15, -0.1) is 0 Å². The standard InChI is InChI=1S/C11H19N2O/c1-6-7-13-10(2)8-11(3,14-5)9-12-4/h4,6,10H,8-9H2,1-3,5H3/q+1/t10-,11+/m1/s1. The fourth-order valence-electron chi connectivity index (χ4n) is 1.28. The highest BCUT2D eigenvalue weighted by Crippen LogP contribution is 2.18. The Hall–Kier alpha value is -1.10. The van der Waals surface area contributed by atoms with Crippen LogP contribution in [0.25, 0.3) is 4.85 Å². The molecule has 0 aliphatic rings. The van der Waals surface area contributed by atoms with Gasteiger partial charge in [0, 0.05) is 13.5 Å². The largest absolute Gasteiger partial charge is 0.370 e. The highest BCUT2D eigenvalue weighted by atomic mass is 16.5. The summed E-state index contributed by atoms with van der Waals surface area (Å²) in [6.45, 7) is 11.5. The number of nitrogens with zero attached hydrogens (tertiary/aromatic N) is 2. The lowest BCUT2D eigenvalue weighted by atomic mass is 9.98. The van der Waals surface area contributed by atoms with Crippen LogP contribution in [-0.4, -0.2) is 31.2 Å². The summed E-state index contributed by atoms with van der Waals surface area (Å²) in [6, 6.07) is 0.165. The zero-order chi connectivity index (χ0) is 11.0. The first kappa shape index (κ1) is 12.9. The molecular weight excluding hydrogens is 176 g/mol. The molecule has 0 bridgehead atoms. The third-order valence-electron chi connectivity index (χ3n) is 2.07. The quantitative estimate of drug-likeness (QED) is 0.618. The third kappa shape index (κ3) is 4.81. The Kier molecular flexibility index (Phi) is 5.87. The van der Waals surface area contributed by atoms with Crippen LogP contribution in [0.5, 0.6) is 0 Å². The lowest BCUT2D eigenvalue weighted by Crippen LogP contribution is -2.33. The van der Waals surface area contributed by atoms with Crippen molar-refractivity contribution in [3.8, 4) is 6.57 Å². The van der Waals surface area contributed by atoms with Gasteiger partial charge in [0.15, 0.2) is 0 Å². The molecule has 0 saturated heterocycles. The van der Waals surface area contributed by atoms with E-state index in [0.29, 0.717) is 6.54 Å². The average molecular weight is 195 g/mol. The summed E-state index contributed by atoms with van der Waals surface area (Å²) in [7, 11) is 1.66. The van der Waals surface area contributed by atoms with Crippen LogP contribution in [0.2, 0.25) is 0 Å². The lowest BCUT2D eigenvalue weighted by Gasteiger charge is -2.22. The number of allylic oxidation sites excluding steroid dienone is 1. The van der Waals surface area contributed by atoms with Crippen LogP contribution in [0.3, 0.4) is 0 Å². The van der Waals surface area contributed by atoms with Crippen molar-refractivity contribution in [2.45, 2.75) is 38.8 Å². The van der Waals surface area contributed by atoms with Crippen molar-refractivity contribution in [2.24, 2.45) is 4.99 Å². The highest BCUT2D eigenvalue weighted by molar-refractivity contribution is 5.50. The first-order valence-electron chi connectivity index (χ1n) is 4.73. The maximum atomic E-state index is 5.36. The SMILES string of the molecule is C#[N+]C[C@](C)(C[C@@H](C)N=C=CC)OC. The Morgan fingerprint density at radius 1 is 1.71 bits per heavy atom.